The second-order valence-corrected chi connectivity index (χ2v) is 7.76. The number of nitrogens with zero attached hydrogens (tertiary/aromatic N) is 3. The highest BCUT2D eigenvalue weighted by Crippen LogP contribution is 2.24. The van der Waals surface area contributed by atoms with Crippen molar-refractivity contribution in [3.05, 3.63) is 64.9 Å². The zero-order valence-electron chi connectivity index (χ0n) is 15.6. The van der Waals surface area contributed by atoms with Crippen LogP contribution in [-0.4, -0.2) is 33.4 Å². The topological polar surface area (TPSA) is 38.1 Å². The third-order valence-corrected chi connectivity index (χ3v) is 5.92. The fourth-order valence-corrected chi connectivity index (χ4v) is 4.17. The Balaban J connectivity index is 1.37. The summed E-state index contributed by atoms with van der Waals surface area (Å²) in [6, 6.07) is 15.9. The first-order valence-corrected chi connectivity index (χ1v) is 9.92. The highest BCUT2D eigenvalue weighted by Gasteiger charge is 2.24. The van der Waals surface area contributed by atoms with E-state index < -0.39 is 0 Å². The number of hydrogen-bond donors (Lipinski definition) is 0. The molecular weight excluding hydrogens is 358 g/mol. The number of benzene rings is 2. The van der Waals surface area contributed by atoms with Crippen LogP contribution < -0.4 is 0 Å². The van der Waals surface area contributed by atoms with E-state index in [1.54, 1.807) is 0 Å². The molecule has 0 saturated carbocycles. The largest absolute Gasteiger partial charge is 0.342 e. The van der Waals surface area contributed by atoms with E-state index in [0.717, 1.165) is 49.4 Å². The van der Waals surface area contributed by atoms with E-state index in [4.69, 9.17) is 11.6 Å². The van der Waals surface area contributed by atoms with E-state index in [0.29, 0.717) is 17.4 Å². The maximum absolute atomic E-state index is 12.6. The summed E-state index contributed by atoms with van der Waals surface area (Å²) in [6.07, 6.45) is 2.44. The third kappa shape index (κ3) is 3.86. The van der Waals surface area contributed by atoms with Gasteiger partial charge >= 0.3 is 0 Å². The summed E-state index contributed by atoms with van der Waals surface area (Å²) >= 11 is 6.19. The predicted molar refractivity (Wildman–Crippen MR) is 109 cm³/mol. The summed E-state index contributed by atoms with van der Waals surface area (Å²) in [5.41, 5.74) is 3.17. The number of aromatic nitrogens is 2. The molecule has 3 aromatic rings. The zero-order chi connectivity index (χ0) is 18.8. The molecular formula is C22H24ClN3O. The van der Waals surface area contributed by atoms with Crippen molar-refractivity contribution in [2.24, 2.45) is 5.92 Å². The van der Waals surface area contributed by atoms with E-state index >= 15 is 0 Å². The van der Waals surface area contributed by atoms with E-state index in [1.807, 2.05) is 35.2 Å². The molecule has 0 radical (unpaired) electrons. The molecule has 27 heavy (non-hydrogen) atoms. The van der Waals surface area contributed by atoms with Crippen LogP contribution >= 0.6 is 11.6 Å². The SMILES string of the molecule is Cc1nc2ccccc2n1CC1CCN(C(=O)Cc2ccccc2Cl)CC1. The van der Waals surface area contributed by atoms with E-state index in [9.17, 15) is 4.79 Å². The van der Waals surface area contributed by atoms with Gasteiger partial charge in [0, 0.05) is 24.7 Å². The number of carbonyl (C=O) groups excluding carboxylic acids is 1. The molecule has 0 atom stereocenters. The minimum Gasteiger partial charge on any atom is -0.342 e. The van der Waals surface area contributed by atoms with Gasteiger partial charge in [0.2, 0.25) is 5.91 Å². The highest BCUT2D eigenvalue weighted by atomic mass is 35.5. The van der Waals surface area contributed by atoms with Gasteiger partial charge in [0.1, 0.15) is 5.82 Å². The highest BCUT2D eigenvalue weighted by molar-refractivity contribution is 6.31. The van der Waals surface area contributed by atoms with Crippen molar-refractivity contribution in [2.75, 3.05) is 13.1 Å². The Bertz CT molecular complexity index is 957. The molecule has 4 nitrogen and oxygen atoms in total. The summed E-state index contributed by atoms with van der Waals surface area (Å²) in [5.74, 6) is 1.81. The van der Waals surface area contributed by atoms with Gasteiger partial charge in [0.15, 0.2) is 0 Å². The van der Waals surface area contributed by atoms with Crippen LogP contribution in [0.5, 0.6) is 0 Å². The lowest BCUT2D eigenvalue weighted by atomic mass is 9.96. The van der Waals surface area contributed by atoms with Crippen LogP contribution in [0.15, 0.2) is 48.5 Å². The number of fused-ring (bicyclic) bond motifs is 1. The van der Waals surface area contributed by atoms with Gasteiger partial charge < -0.3 is 9.47 Å². The van der Waals surface area contributed by atoms with Crippen LogP contribution in [0.3, 0.4) is 0 Å². The maximum atomic E-state index is 12.6. The molecule has 0 aliphatic carbocycles. The van der Waals surface area contributed by atoms with Gasteiger partial charge in [-0.3, -0.25) is 4.79 Å². The average Bonchev–Trinajstić information content (AvgIpc) is 2.99. The Morgan fingerprint density at radius 3 is 2.59 bits per heavy atom. The van der Waals surface area contributed by atoms with E-state index in [-0.39, 0.29) is 5.91 Å². The Labute approximate surface area is 164 Å². The predicted octanol–water partition coefficient (Wildman–Crippen LogP) is 4.48. The van der Waals surface area contributed by atoms with Gasteiger partial charge in [-0.1, -0.05) is 41.9 Å². The maximum Gasteiger partial charge on any atom is 0.227 e. The number of hydrogen-bond acceptors (Lipinski definition) is 2. The van der Waals surface area contributed by atoms with Gasteiger partial charge in [-0.15, -0.1) is 0 Å². The Morgan fingerprint density at radius 1 is 1.11 bits per heavy atom. The Morgan fingerprint density at radius 2 is 1.81 bits per heavy atom. The van der Waals surface area contributed by atoms with Crippen molar-refractivity contribution in [3.63, 3.8) is 0 Å². The van der Waals surface area contributed by atoms with Crippen LogP contribution in [0.2, 0.25) is 5.02 Å². The van der Waals surface area contributed by atoms with Crippen LogP contribution in [0.4, 0.5) is 0 Å². The molecule has 4 rings (SSSR count). The number of imidazole rings is 1. The first kappa shape index (κ1) is 18.1. The Hall–Kier alpha value is -2.33. The van der Waals surface area contributed by atoms with Crippen molar-refractivity contribution in [3.8, 4) is 0 Å². The molecule has 1 aromatic heterocycles. The number of para-hydroxylation sites is 2. The lowest BCUT2D eigenvalue weighted by molar-refractivity contribution is -0.131. The lowest BCUT2D eigenvalue weighted by Gasteiger charge is -2.32. The molecule has 1 fully saturated rings. The number of carbonyl (C=O) groups is 1. The summed E-state index contributed by atoms with van der Waals surface area (Å²) in [4.78, 5) is 19.3. The van der Waals surface area contributed by atoms with E-state index in [1.165, 1.54) is 5.52 Å². The van der Waals surface area contributed by atoms with Crippen molar-refractivity contribution in [1.82, 2.24) is 14.5 Å². The summed E-state index contributed by atoms with van der Waals surface area (Å²) in [5, 5.41) is 0.670. The normalized spacial score (nSPS) is 15.4. The molecule has 2 aromatic carbocycles. The molecule has 1 aliphatic rings. The van der Waals surface area contributed by atoms with Crippen molar-refractivity contribution in [1.29, 1.82) is 0 Å². The zero-order valence-corrected chi connectivity index (χ0v) is 16.3. The van der Waals surface area contributed by atoms with Gasteiger partial charge in [0.05, 0.1) is 17.5 Å². The van der Waals surface area contributed by atoms with Crippen LogP contribution in [-0.2, 0) is 17.8 Å². The number of aryl methyl sites for hydroxylation is 1. The lowest BCUT2D eigenvalue weighted by Crippen LogP contribution is -2.40. The third-order valence-electron chi connectivity index (χ3n) is 5.55. The van der Waals surface area contributed by atoms with Crippen molar-refractivity contribution < 1.29 is 4.79 Å². The second kappa shape index (κ2) is 7.73. The standard InChI is InChI=1S/C22H24ClN3O/c1-16-24-20-8-4-5-9-21(20)26(16)15-17-10-12-25(13-11-17)22(27)14-18-6-2-3-7-19(18)23/h2-9,17H,10-15H2,1H3. The fraction of sp³-hybridized carbons (Fsp3) is 0.364. The fourth-order valence-electron chi connectivity index (χ4n) is 3.97. The van der Waals surface area contributed by atoms with Gasteiger partial charge in [-0.2, -0.15) is 0 Å². The summed E-state index contributed by atoms with van der Waals surface area (Å²) < 4.78 is 2.32. The molecule has 0 N–H and O–H groups in total. The van der Waals surface area contributed by atoms with E-state index in [2.05, 4.69) is 34.7 Å². The quantitative estimate of drug-likeness (QED) is 0.668. The minimum atomic E-state index is 0.172. The van der Waals surface area contributed by atoms with Crippen LogP contribution in [0.25, 0.3) is 11.0 Å². The summed E-state index contributed by atoms with van der Waals surface area (Å²) in [6.45, 7) is 4.68. The molecule has 5 heteroatoms. The van der Waals surface area contributed by atoms with Crippen LogP contribution in [0.1, 0.15) is 24.2 Å². The number of halogens is 1. The first-order chi connectivity index (χ1) is 13.1. The molecule has 0 unspecified atom stereocenters. The number of likely N-dealkylation sites (tertiary alicyclic amines) is 1. The monoisotopic (exact) mass is 381 g/mol. The molecule has 140 valence electrons. The number of rotatable bonds is 4. The molecule has 1 saturated heterocycles. The summed E-state index contributed by atoms with van der Waals surface area (Å²) in [7, 11) is 0. The molecule has 2 heterocycles. The molecule has 0 bridgehead atoms. The Kier molecular flexibility index (Phi) is 5.17. The second-order valence-electron chi connectivity index (χ2n) is 7.35. The minimum absolute atomic E-state index is 0.172. The number of piperidine rings is 1. The van der Waals surface area contributed by atoms with Crippen molar-refractivity contribution in [2.45, 2.75) is 32.7 Å². The van der Waals surface area contributed by atoms with Crippen molar-refractivity contribution >= 4 is 28.5 Å². The molecule has 1 aliphatic heterocycles. The smallest absolute Gasteiger partial charge is 0.227 e. The molecule has 1 amide bonds. The van der Waals surface area contributed by atoms with Crippen LogP contribution in [0, 0.1) is 12.8 Å². The average molecular weight is 382 g/mol. The number of amides is 1. The molecule has 0 spiro atoms. The van der Waals surface area contributed by atoms with Gasteiger partial charge in [0.25, 0.3) is 0 Å². The first-order valence-electron chi connectivity index (χ1n) is 9.55. The van der Waals surface area contributed by atoms with Gasteiger partial charge in [-0.25, -0.2) is 4.98 Å². The van der Waals surface area contributed by atoms with Gasteiger partial charge in [-0.05, 0) is 49.4 Å².